The predicted molar refractivity (Wildman–Crippen MR) is 86.7 cm³/mol. The Balaban J connectivity index is 2.05. The lowest BCUT2D eigenvalue weighted by molar-refractivity contribution is 0.0948. The van der Waals surface area contributed by atoms with Gasteiger partial charge >= 0.3 is 0 Å². The largest absolute Gasteiger partial charge is 0.507 e. The molecule has 0 unspecified atom stereocenters. The monoisotopic (exact) mass is 334 g/mol. The van der Waals surface area contributed by atoms with Crippen LogP contribution in [0.1, 0.15) is 21.5 Å². The van der Waals surface area contributed by atoms with Crippen molar-refractivity contribution in [1.29, 1.82) is 0 Å². The molecular weight excluding hydrogens is 316 g/mol. The van der Waals surface area contributed by atoms with E-state index in [9.17, 15) is 18.3 Å². The fourth-order valence-electron chi connectivity index (χ4n) is 2.02. The smallest absolute Gasteiger partial charge is 0.255 e. The Hall–Kier alpha value is -2.38. The Labute approximate surface area is 135 Å². The molecule has 1 amide bonds. The average molecular weight is 334 g/mol. The molecule has 2 aromatic rings. The van der Waals surface area contributed by atoms with E-state index in [1.54, 1.807) is 24.3 Å². The molecule has 3 N–H and O–H groups in total. The minimum Gasteiger partial charge on any atom is -0.507 e. The molecule has 0 spiro atoms. The molecule has 6 nitrogen and oxygen atoms in total. The first-order valence-electron chi connectivity index (χ1n) is 6.94. The topological polar surface area (TPSA) is 95.5 Å². The molecule has 0 aromatic heterocycles. The lowest BCUT2D eigenvalue weighted by atomic mass is 10.1. The number of amides is 1. The average Bonchev–Trinajstić information content (AvgIpc) is 2.53. The lowest BCUT2D eigenvalue weighted by Gasteiger charge is -2.08. The van der Waals surface area contributed by atoms with Crippen LogP contribution in [0.25, 0.3) is 0 Å². The van der Waals surface area contributed by atoms with Gasteiger partial charge in [0.25, 0.3) is 5.91 Å². The molecule has 122 valence electrons. The van der Waals surface area contributed by atoms with Gasteiger partial charge in [-0.2, -0.15) is 0 Å². The third-order valence-corrected chi connectivity index (χ3v) is 4.78. The first-order valence-corrected chi connectivity index (χ1v) is 8.42. The number of carbonyl (C=O) groups excluding carboxylic acids is 1. The van der Waals surface area contributed by atoms with Gasteiger partial charge in [-0.1, -0.05) is 18.2 Å². The number of aryl methyl sites for hydroxylation is 1. The number of hydrogen-bond acceptors (Lipinski definition) is 4. The number of benzene rings is 2. The van der Waals surface area contributed by atoms with Gasteiger partial charge in [-0.25, -0.2) is 13.1 Å². The number of phenols is 1. The second kappa shape index (κ2) is 6.80. The summed E-state index contributed by atoms with van der Waals surface area (Å²) in [6.45, 7) is 2.05. The molecule has 0 atom stereocenters. The highest BCUT2D eigenvalue weighted by atomic mass is 32.2. The minimum atomic E-state index is -3.47. The maximum absolute atomic E-state index is 12.0. The molecule has 2 aromatic carbocycles. The summed E-state index contributed by atoms with van der Waals surface area (Å²) in [6.07, 6.45) is 0. The van der Waals surface area contributed by atoms with Crippen LogP contribution < -0.4 is 10.0 Å². The van der Waals surface area contributed by atoms with E-state index in [1.807, 2.05) is 6.92 Å². The normalized spacial score (nSPS) is 11.2. The van der Waals surface area contributed by atoms with E-state index in [0.29, 0.717) is 0 Å². The molecule has 0 saturated carbocycles. The fraction of sp³-hybridized carbons (Fsp3) is 0.188. The van der Waals surface area contributed by atoms with Crippen molar-refractivity contribution >= 4 is 15.9 Å². The maximum atomic E-state index is 12.0. The van der Waals surface area contributed by atoms with E-state index in [-0.39, 0.29) is 22.8 Å². The maximum Gasteiger partial charge on any atom is 0.255 e. The van der Waals surface area contributed by atoms with E-state index in [4.69, 9.17) is 0 Å². The summed E-state index contributed by atoms with van der Waals surface area (Å²) in [5.41, 5.74) is 1.81. The molecule has 0 bridgehead atoms. The number of nitrogens with one attached hydrogen (secondary N) is 2. The summed E-state index contributed by atoms with van der Waals surface area (Å²) in [4.78, 5) is 12.2. The Bertz CT molecular complexity index is 814. The first kappa shape index (κ1) is 17.0. The van der Waals surface area contributed by atoms with Crippen LogP contribution in [0.5, 0.6) is 5.75 Å². The van der Waals surface area contributed by atoms with Crippen molar-refractivity contribution in [2.75, 3.05) is 7.05 Å². The molecule has 2 rings (SSSR count). The zero-order valence-corrected chi connectivity index (χ0v) is 13.6. The molecule has 0 aliphatic rings. The number of rotatable bonds is 5. The Kier molecular flexibility index (Phi) is 5.02. The molecule has 0 saturated heterocycles. The fourth-order valence-corrected chi connectivity index (χ4v) is 2.75. The highest BCUT2D eigenvalue weighted by Gasteiger charge is 2.12. The van der Waals surface area contributed by atoms with Gasteiger partial charge in [0.05, 0.1) is 10.5 Å². The zero-order valence-electron chi connectivity index (χ0n) is 12.8. The van der Waals surface area contributed by atoms with Crippen LogP contribution in [0.3, 0.4) is 0 Å². The van der Waals surface area contributed by atoms with Crippen molar-refractivity contribution in [3.05, 3.63) is 59.2 Å². The number of sulfonamides is 1. The standard InChI is InChI=1S/C16H18N2O4S/c1-11-3-8-14(15(19)9-11)16(20)18-10-12-4-6-13(7-5-12)23(21,22)17-2/h3-9,17,19H,10H2,1-2H3,(H,18,20). The Morgan fingerprint density at radius 3 is 2.35 bits per heavy atom. The molecule has 0 fully saturated rings. The number of phenolic OH excluding ortho intramolecular Hbond substituents is 1. The van der Waals surface area contributed by atoms with Gasteiger partial charge in [0.2, 0.25) is 10.0 Å². The molecular formula is C16H18N2O4S. The number of hydrogen-bond donors (Lipinski definition) is 3. The van der Waals surface area contributed by atoms with Crippen molar-refractivity contribution < 1.29 is 18.3 Å². The van der Waals surface area contributed by atoms with Gasteiger partial charge in [0.1, 0.15) is 5.75 Å². The van der Waals surface area contributed by atoms with Crippen LogP contribution in [0.2, 0.25) is 0 Å². The summed E-state index contributed by atoms with van der Waals surface area (Å²) in [5, 5.41) is 12.5. The third kappa shape index (κ3) is 4.08. The summed E-state index contributed by atoms with van der Waals surface area (Å²) in [5.74, 6) is -0.465. The summed E-state index contributed by atoms with van der Waals surface area (Å²) in [6, 6.07) is 11.0. The highest BCUT2D eigenvalue weighted by molar-refractivity contribution is 7.89. The van der Waals surface area contributed by atoms with Crippen molar-refractivity contribution in [2.45, 2.75) is 18.4 Å². The van der Waals surface area contributed by atoms with E-state index >= 15 is 0 Å². The highest BCUT2D eigenvalue weighted by Crippen LogP contribution is 2.18. The molecule has 0 aliphatic carbocycles. The van der Waals surface area contributed by atoms with Crippen LogP contribution in [-0.2, 0) is 16.6 Å². The molecule has 0 heterocycles. The Morgan fingerprint density at radius 1 is 1.13 bits per heavy atom. The quantitative estimate of drug-likeness (QED) is 0.773. The van der Waals surface area contributed by atoms with Crippen LogP contribution in [-0.4, -0.2) is 26.5 Å². The summed E-state index contributed by atoms with van der Waals surface area (Å²) < 4.78 is 25.5. The minimum absolute atomic E-state index is 0.0713. The van der Waals surface area contributed by atoms with E-state index in [2.05, 4.69) is 10.0 Å². The van der Waals surface area contributed by atoms with E-state index in [1.165, 1.54) is 25.2 Å². The van der Waals surface area contributed by atoms with Gasteiger partial charge < -0.3 is 10.4 Å². The predicted octanol–water partition coefficient (Wildman–Crippen LogP) is 1.54. The summed E-state index contributed by atoms with van der Waals surface area (Å²) >= 11 is 0. The molecule has 7 heteroatoms. The number of aromatic hydroxyl groups is 1. The van der Waals surface area contributed by atoms with Gasteiger partial charge in [-0.15, -0.1) is 0 Å². The summed E-state index contributed by atoms with van der Waals surface area (Å²) in [7, 11) is -2.12. The van der Waals surface area contributed by atoms with E-state index in [0.717, 1.165) is 11.1 Å². The molecule has 0 aliphatic heterocycles. The first-order chi connectivity index (χ1) is 10.8. The van der Waals surface area contributed by atoms with Crippen LogP contribution in [0.4, 0.5) is 0 Å². The van der Waals surface area contributed by atoms with Gasteiger partial charge in [0, 0.05) is 6.54 Å². The van der Waals surface area contributed by atoms with Gasteiger partial charge in [-0.05, 0) is 49.4 Å². The van der Waals surface area contributed by atoms with E-state index < -0.39 is 15.9 Å². The second-order valence-corrected chi connectivity index (χ2v) is 6.94. The molecule has 23 heavy (non-hydrogen) atoms. The van der Waals surface area contributed by atoms with Crippen LogP contribution in [0.15, 0.2) is 47.4 Å². The second-order valence-electron chi connectivity index (χ2n) is 5.05. The zero-order chi connectivity index (χ0) is 17.0. The van der Waals surface area contributed by atoms with Crippen molar-refractivity contribution in [2.24, 2.45) is 0 Å². The SMILES string of the molecule is CNS(=O)(=O)c1ccc(CNC(=O)c2ccc(C)cc2O)cc1. The lowest BCUT2D eigenvalue weighted by Crippen LogP contribution is -2.23. The van der Waals surface area contributed by atoms with Crippen molar-refractivity contribution in [3.63, 3.8) is 0 Å². The van der Waals surface area contributed by atoms with Crippen LogP contribution in [0, 0.1) is 6.92 Å². The molecule has 0 radical (unpaired) electrons. The van der Waals surface area contributed by atoms with Crippen LogP contribution >= 0.6 is 0 Å². The van der Waals surface area contributed by atoms with Gasteiger partial charge in [-0.3, -0.25) is 4.79 Å². The number of carbonyl (C=O) groups is 1. The Morgan fingerprint density at radius 2 is 1.78 bits per heavy atom. The van der Waals surface area contributed by atoms with Crippen molar-refractivity contribution in [3.8, 4) is 5.75 Å². The van der Waals surface area contributed by atoms with Crippen molar-refractivity contribution in [1.82, 2.24) is 10.0 Å². The van der Waals surface area contributed by atoms with Gasteiger partial charge in [0.15, 0.2) is 0 Å². The third-order valence-electron chi connectivity index (χ3n) is 3.35.